The fourth-order valence-electron chi connectivity index (χ4n) is 1.34. The molecule has 2 atom stereocenters. The summed E-state index contributed by atoms with van der Waals surface area (Å²) < 4.78 is 0. The summed E-state index contributed by atoms with van der Waals surface area (Å²) in [4.78, 5) is 0. The van der Waals surface area contributed by atoms with Crippen molar-refractivity contribution in [1.29, 1.82) is 0 Å². The van der Waals surface area contributed by atoms with Gasteiger partial charge in [-0.05, 0) is 11.8 Å². The maximum absolute atomic E-state index is 9.08. The van der Waals surface area contributed by atoms with Crippen LogP contribution in [0.25, 0.3) is 0 Å². The van der Waals surface area contributed by atoms with Crippen LogP contribution in [0.2, 0.25) is 0 Å². The van der Waals surface area contributed by atoms with Gasteiger partial charge in [0, 0.05) is 18.6 Å². The Kier molecular flexibility index (Phi) is 4.04. The van der Waals surface area contributed by atoms with Crippen molar-refractivity contribution in [2.24, 2.45) is 17.1 Å². The molecule has 0 rings (SSSR count). The first-order chi connectivity index (χ1) is 4.93. The van der Waals surface area contributed by atoms with E-state index in [-0.39, 0.29) is 24.0 Å². The molecular weight excluding hydrogens is 138 g/mol. The molecule has 0 spiro atoms. The smallest absolute Gasteiger partial charge is 0.0479 e. The second-order valence-corrected chi connectivity index (χ2v) is 4.23. The number of aliphatic hydroxyl groups is 1. The summed E-state index contributed by atoms with van der Waals surface area (Å²) in [5.74, 6) is 0.215. The number of nitrogens with two attached hydrogens (primary N) is 1. The zero-order valence-electron chi connectivity index (χ0n) is 8.09. The van der Waals surface area contributed by atoms with E-state index in [0.29, 0.717) is 0 Å². The monoisotopic (exact) mass is 159 g/mol. The SMILES string of the molecule is CCC(N)C(CO)C(C)(C)C. The lowest BCUT2D eigenvalue weighted by atomic mass is 9.76. The van der Waals surface area contributed by atoms with E-state index < -0.39 is 0 Å². The van der Waals surface area contributed by atoms with Gasteiger partial charge in [0.2, 0.25) is 0 Å². The Morgan fingerprint density at radius 2 is 1.82 bits per heavy atom. The van der Waals surface area contributed by atoms with Crippen LogP contribution in [0.3, 0.4) is 0 Å². The van der Waals surface area contributed by atoms with E-state index in [0.717, 1.165) is 6.42 Å². The predicted molar refractivity (Wildman–Crippen MR) is 48.3 cm³/mol. The molecule has 0 heterocycles. The van der Waals surface area contributed by atoms with Gasteiger partial charge in [-0.2, -0.15) is 0 Å². The maximum Gasteiger partial charge on any atom is 0.0479 e. The minimum Gasteiger partial charge on any atom is -0.396 e. The summed E-state index contributed by atoms with van der Waals surface area (Å²) in [5, 5.41) is 9.08. The van der Waals surface area contributed by atoms with E-state index in [4.69, 9.17) is 10.8 Å². The highest BCUT2D eigenvalue weighted by Gasteiger charge is 2.28. The summed E-state index contributed by atoms with van der Waals surface area (Å²) in [6, 6.07) is 0.125. The van der Waals surface area contributed by atoms with Crippen molar-refractivity contribution < 1.29 is 5.11 Å². The standard InChI is InChI=1S/C9H21NO/c1-5-8(10)7(6-11)9(2,3)4/h7-8,11H,5-6,10H2,1-4H3. The van der Waals surface area contributed by atoms with Crippen LogP contribution in [0.4, 0.5) is 0 Å². The van der Waals surface area contributed by atoms with Crippen molar-refractivity contribution in [3.8, 4) is 0 Å². The molecule has 0 amide bonds. The molecule has 0 saturated carbocycles. The van der Waals surface area contributed by atoms with Crippen LogP contribution in [0.1, 0.15) is 34.1 Å². The average Bonchev–Trinajstić information content (AvgIpc) is 1.86. The topological polar surface area (TPSA) is 46.2 Å². The van der Waals surface area contributed by atoms with Crippen molar-refractivity contribution in [2.75, 3.05) is 6.61 Å². The summed E-state index contributed by atoms with van der Waals surface area (Å²) in [7, 11) is 0. The van der Waals surface area contributed by atoms with Gasteiger partial charge in [-0.15, -0.1) is 0 Å². The quantitative estimate of drug-likeness (QED) is 0.653. The van der Waals surface area contributed by atoms with Crippen LogP contribution >= 0.6 is 0 Å². The number of hydrogen-bond acceptors (Lipinski definition) is 2. The lowest BCUT2D eigenvalue weighted by Gasteiger charge is -2.33. The van der Waals surface area contributed by atoms with Crippen LogP contribution in [-0.2, 0) is 0 Å². The van der Waals surface area contributed by atoms with Gasteiger partial charge in [-0.25, -0.2) is 0 Å². The molecule has 0 aliphatic rings. The van der Waals surface area contributed by atoms with Gasteiger partial charge in [0.15, 0.2) is 0 Å². The molecule has 0 bridgehead atoms. The zero-order chi connectivity index (χ0) is 9.07. The largest absolute Gasteiger partial charge is 0.396 e. The molecule has 2 nitrogen and oxygen atoms in total. The van der Waals surface area contributed by atoms with Gasteiger partial charge in [-0.3, -0.25) is 0 Å². The third-order valence-corrected chi connectivity index (χ3v) is 2.30. The highest BCUT2D eigenvalue weighted by molar-refractivity contribution is 4.81. The highest BCUT2D eigenvalue weighted by atomic mass is 16.3. The Morgan fingerprint density at radius 3 is 1.91 bits per heavy atom. The van der Waals surface area contributed by atoms with Crippen LogP contribution < -0.4 is 5.73 Å². The summed E-state index contributed by atoms with van der Waals surface area (Å²) in [6.07, 6.45) is 0.933. The Balaban J connectivity index is 4.16. The van der Waals surface area contributed by atoms with Crippen LogP contribution in [0.5, 0.6) is 0 Å². The molecule has 0 aliphatic carbocycles. The molecule has 0 fully saturated rings. The number of hydrogen-bond donors (Lipinski definition) is 2. The summed E-state index contributed by atoms with van der Waals surface area (Å²) in [6.45, 7) is 8.59. The Hall–Kier alpha value is -0.0800. The molecule has 0 radical (unpaired) electrons. The van der Waals surface area contributed by atoms with Crippen molar-refractivity contribution in [3.05, 3.63) is 0 Å². The molecule has 0 aliphatic heterocycles. The number of aliphatic hydroxyl groups excluding tert-OH is 1. The number of rotatable bonds is 3. The molecule has 68 valence electrons. The van der Waals surface area contributed by atoms with Gasteiger partial charge in [-0.1, -0.05) is 27.7 Å². The van der Waals surface area contributed by atoms with Crippen molar-refractivity contribution in [3.63, 3.8) is 0 Å². The molecular formula is C9H21NO. The van der Waals surface area contributed by atoms with Gasteiger partial charge in [0.05, 0.1) is 0 Å². The van der Waals surface area contributed by atoms with Crippen LogP contribution in [-0.4, -0.2) is 17.8 Å². The first kappa shape index (κ1) is 10.9. The van der Waals surface area contributed by atoms with E-state index in [9.17, 15) is 0 Å². The van der Waals surface area contributed by atoms with E-state index in [1.54, 1.807) is 0 Å². The Morgan fingerprint density at radius 1 is 1.36 bits per heavy atom. The highest BCUT2D eigenvalue weighted by Crippen LogP contribution is 2.28. The van der Waals surface area contributed by atoms with E-state index in [2.05, 4.69) is 27.7 Å². The lowest BCUT2D eigenvalue weighted by molar-refractivity contribution is 0.106. The fraction of sp³-hybridized carbons (Fsp3) is 1.00. The molecule has 3 N–H and O–H groups in total. The molecule has 0 aromatic heterocycles. The maximum atomic E-state index is 9.08. The van der Waals surface area contributed by atoms with E-state index in [1.165, 1.54) is 0 Å². The minimum atomic E-state index is 0.115. The van der Waals surface area contributed by atoms with Crippen molar-refractivity contribution >= 4 is 0 Å². The van der Waals surface area contributed by atoms with E-state index >= 15 is 0 Å². The Bertz CT molecular complexity index is 107. The molecule has 0 aromatic rings. The molecule has 2 heteroatoms. The van der Waals surface area contributed by atoms with Gasteiger partial charge in [0.25, 0.3) is 0 Å². The van der Waals surface area contributed by atoms with Gasteiger partial charge >= 0.3 is 0 Å². The van der Waals surface area contributed by atoms with Crippen molar-refractivity contribution in [1.82, 2.24) is 0 Å². The minimum absolute atomic E-state index is 0.115. The normalized spacial score (nSPS) is 18.0. The molecule has 0 aromatic carbocycles. The van der Waals surface area contributed by atoms with Crippen molar-refractivity contribution in [2.45, 2.75) is 40.2 Å². The van der Waals surface area contributed by atoms with Gasteiger partial charge < -0.3 is 10.8 Å². The molecule has 11 heavy (non-hydrogen) atoms. The molecule has 0 saturated heterocycles. The van der Waals surface area contributed by atoms with E-state index in [1.807, 2.05) is 0 Å². The fourth-order valence-corrected chi connectivity index (χ4v) is 1.34. The first-order valence-corrected chi connectivity index (χ1v) is 4.30. The van der Waals surface area contributed by atoms with Crippen LogP contribution in [0.15, 0.2) is 0 Å². The van der Waals surface area contributed by atoms with Crippen LogP contribution in [0, 0.1) is 11.3 Å². The Labute approximate surface area is 69.8 Å². The van der Waals surface area contributed by atoms with Gasteiger partial charge in [0.1, 0.15) is 0 Å². The summed E-state index contributed by atoms with van der Waals surface area (Å²) in [5.41, 5.74) is 5.97. The zero-order valence-corrected chi connectivity index (χ0v) is 8.09. The lowest BCUT2D eigenvalue weighted by Crippen LogP contribution is -2.40. The second kappa shape index (κ2) is 4.07. The first-order valence-electron chi connectivity index (χ1n) is 4.30. The predicted octanol–water partition coefficient (Wildman–Crippen LogP) is 1.38. The third-order valence-electron chi connectivity index (χ3n) is 2.30. The third kappa shape index (κ3) is 3.21. The summed E-state index contributed by atoms with van der Waals surface area (Å²) >= 11 is 0. The average molecular weight is 159 g/mol. The molecule has 2 unspecified atom stereocenters. The second-order valence-electron chi connectivity index (χ2n) is 4.23.